The van der Waals surface area contributed by atoms with Gasteiger partial charge in [-0.15, -0.1) is 69.9 Å². The molecule has 8 rings (SSSR count). The van der Waals surface area contributed by atoms with Crippen LogP contribution in [0.2, 0.25) is 0 Å². The Bertz CT molecular complexity index is 3190. The average Bonchev–Trinajstić information content (AvgIpc) is 3.96. The first-order chi connectivity index (χ1) is 30.6. The molecule has 0 unspecified atom stereocenters. The van der Waals surface area contributed by atoms with E-state index >= 15 is 0 Å². The number of hydrogen-bond acceptors (Lipinski definition) is 14. The van der Waals surface area contributed by atoms with Crippen LogP contribution in [0, 0.1) is 0 Å². The second-order valence-electron chi connectivity index (χ2n) is 13.1. The van der Waals surface area contributed by atoms with Crippen molar-refractivity contribution in [1.29, 1.82) is 0 Å². The predicted molar refractivity (Wildman–Crippen MR) is 247 cm³/mol. The van der Waals surface area contributed by atoms with Gasteiger partial charge in [0.2, 0.25) is 0 Å². The highest BCUT2D eigenvalue weighted by Gasteiger charge is 2.33. The zero-order valence-electron chi connectivity index (χ0n) is 32.6. The van der Waals surface area contributed by atoms with Gasteiger partial charge in [-0.25, -0.2) is 46.7 Å². The summed E-state index contributed by atoms with van der Waals surface area (Å²) in [4.78, 5) is 24.6. The monoisotopic (exact) mass is 1160 g/mol. The molecule has 0 bridgehead atoms. The van der Waals surface area contributed by atoms with Gasteiger partial charge in [0.1, 0.15) is 45.7 Å². The van der Waals surface area contributed by atoms with E-state index in [-0.39, 0.29) is 47.0 Å². The van der Waals surface area contributed by atoms with Crippen molar-refractivity contribution in [1.82, 2.24) is 29.9 Å². The summed E-state index contributed by atoms with van der Waals surface area (Å²) in [6, 6.07) is 14.3. The smallest absolute Gasteiger partial charge is 0.416 e. The molecular weight excluding hydrogens is 1140 g/mol. The van der Waals surface area contributed by atoms with Gasteiger partial charge in [0.05, 0.1) is 50.4 Å². The van der Waals surface area contributed by atoms with Crippen LogP contribution in [0.1, 0.15) is 21.1 Å². The fraction of sp³-hybridized carbons (Fsp3) is 0.128. The van der Waals surface area contributed by atoms with E-state index in [1.54, 1.807) is 10.8 Å². The quantitative estimate of drug-likeness (QED) is 0.107. The van der Waals surface area contributed by atoms with Crippen LogP contribution in [0.25, 0.3) is 44.3 Å². The number of phenolic OH excluding ortho intramolecular Hbond substituents is 1. The maximum absolute atomic E-state index is 13.0. The molecule has 65 heavy (non-hydrogen) atoms. The first kappa shape index (κ1) is 49.8. The zero-order valence-corrected chi connectivity index (χ0v) is 40.6. The molecule has 4 aromatic heterocycles. The average molecular weight is 1170 g/mol. The van der Waals surface area contributed by atoms with Gasteiger partial charge < -0.3 is 9.84 Å². The van der Waals surface area contributed by atoms with E-state index in [1.165, 1.54) is 91.0 Å². The van der Waals surface area contributed by atoms with Crippen molar-refractivity contribution < 1.29 is 53.0 Å². The third-order valence-corrected chi connectivity index (χ3v) is 14.1. The topological polar surface area (TPSA) is 175 Å². The van der Waals surface area contributed by atoms with Crippen LogP contribution in [0.5, 0.6) is 11.5 Å². The van der Waals surface area contributed by atoms with E-state index in [1.807, 2.05) is 0 Å². The summed E-state index contributed by atoms with van der Waals surface area (Å²) in [6.45, 7) is 0. The Morgan fingerprint density at radius 2 is 1.05 bits per heavy atom. The van der Waals surface area contributed by atoms with Crippen LogP contribution >= 0.6 is 69.9 Å². The van der Waals surface area contributed by atoms with Gasteiger partial charge in [0.25, 0.3) is 0 Å². The van der Waals surface area contributed by atoms with E-state index in [4.69, 9.17) is 4.74 Å². The number of aromatic nitrogens is 6. The van der Waals surface area contributed by atoms with Gasteiger partial charge >= 0.3 is 15.5 Å². The molecule has 0 radical (unpaired) electrons. The summed E-state index contributed by atoms with van der Waals surface area (Å²) in [5.74, 6) is -1.09. The number of fused-ring (bicyclic) bond motifs is 2. The maximum Gasteiger partial charge on any atom is 0.416 e. The molecule has 0 saturated carbocycles. The summed E-state index contributed by atoms with van der Waals surface area (Å²) in [7, 11) is -6.05. The number of rotatable bonds is 9. The molecule has 26 heteroatoms. The van der Waals surface area contributed by atoms with Crippen LogP contribution in [-0.2, 0) is 43.5 Å². The second-order valence-corrected chi connectivity index (χ2v) is 25.4. The molecule has 8 aromatic rings. The van der Waals surface area contributed by atoms with Crippen LogP contribution < -0.4 is 4.74 Å². The Morgan fingerprint density at radius 1 is 0.615 bits per heavy atom. The molecule has 0 aliphatic rings. The molecule has 12 nitrogen and oxygen atoms in total. The third-order valence-electron chi connectivity index (χ3n) is 8.89. The molecule has 0 aliphatic carbocycles. The predicted octanol–water partition coefficient (Wildman–Crippen LogP) is 11.4. The number of ether oxygens (including phenoxy) is 1. The maximum atomic E-state index is 13.0. The van der Waals surface area contributed by atoms with Crippen molar-refractivity contribution >= 4 is 115 Å². The largest absolute Gasteiger partial charge is 0.507 e. The third kappa shape index (κ3) is 12.4. The number of halogens is 9. The minimum Gasteiger partial charge on any atom is -0.507 e. The van der Waals surface area contributed by atoms with E-state index in [0.717, 1.165) is 30.6 Å². The molecule has 4 heterocycles. The van der Waals surface area contributed by atoms with E-state index in [2.05, 4.69) is 77.2 Å². The molecular formula is C39H26BBr3F6N6O6S4. The number of hydrogen-bond donors (Lipinski definition) is 1. The Balaban J connectivity index is 0.000000199. The van der Waals surface area contributed by atoms with Gasteiger partial charge in [-0.1, -0.05) is 0 Å². The number of thiazole rings is 2. The number of phenols is 1. The van der Waals surface area contributed by atoms with Crippen molar-refractivity contribution in [3.63, 3.8) is 0 Å². The van der Waals surface area contributed by atoms with Crippen LogP contribution in [0.15, 0.2) is 118 Å². The number of alkyl halides is 6. The van der Waals surface area contributed by atoms with Crippen LogP contribution in [-0.4, -0.2) is 62.1 Å². The SMILES string of the molecule is BrB(Br)Br.COc1cc(C(F)(F)F)ccc1-c1ncnc2cc(S(=O)(=O)Cc3nccs3)ccc12.O=S(=O)(Cc1nccs1)c1ccc2c(-c3ccc(C(F)(F)F)cc3O)ncnc2c1. The summed E-state index contributed by atoms with van der Waals surface area (Å²) in [5.41, 5.74) is -0.281. The van der Waals surface area contributed by atoms with E-state index in [0.29, 0.717) is 43.6 Å². The molecule has 0 aliphatic heterocycles. The van der Waals surface area contributed by atoms with Gasteiger partial charge in [0, 0.05) is 45.1 Å². The molecule has 1 N–H and O–H groups in total. The Morgan fingerprint density at radius 3 is 1.45 bits per heavy atom. The van der Waals surface area contributed by atoms with Gasteiger partial charge in [0.15, 0.2) is 19.7 Å². The summed E-state index contributed by atoms with van der Waals surface area (Å²) >= 11 is 11.8. The lowest BCUT2D eigenvalue weighted by Gasteiger charge is -2.14. The highest BCUT2D eigenvalue weighted by Crippen LogP contribution is 2.40. The summed E-state index contributed by atoms with van der Waals surface area (Å²) in [5, 5.41) is 15.3. The zero-order chi connectivity index (χ0) is 47.3. The van der Waals surface area contributed by atoms with E-state index in [9.17, 15) is 48.3 Å². The van der Waals surface area contributed by atoms with Crippen molar-refractivity contribution in [3.05, 3.63) is 130 Å². The molecule has 0 saturated heterocycles. The standard InChI is InChI=1S/C20H14F3N3O3S2.C19H12F3N3O3S2.BBr3/c1-29-17-8-12(20(21,22)23)2-4-15(17)19-14-5-3-13(9-16(14)25-11-26-19)31(27,28)10-18-24-6-7-30-18;20-19(21,22)11-1-3-14(16(26)7-11)18-13-4-2-12(8-15(13)24-10-25-18)30(27,28)9-17-23-5-6-29-17;2-1(3)4/h2-9,11H,10H2,1H3;1-8,10,26H,9H2;. The number of sulfone groups is 2. The van der Waals surface area contributed by atoms with Crippen LogP contribution in [0.4, 0.5) is 26.3 Å². The first-order valence-electron chi connectivity index (χ1n) is 17.9. The minimum atomic E-state index is -4.59. The Hall–Kier alpha value is -4.60. The molecule has 0 atom stereocenters. The van der Waals surface area contributed by atoms with Crippen molar-refractivity contribution in [2.75, 3.05) is 7.11 Å². The normalized spacial score (nSPS) is 12.0. The lowest BCUT2D eigenvalue weighted by Crippen LogP contribution is -2.06. The van der Waals surface area contributed by atoms with Crippen LogP contribution in [0.3, 0.4) is 0 Å². The molecule has 4 aromatic carbocycles. The number of benzene rings is 4. The molecule has 0 fully saturated rings. The fourth-order valence-electron chi connectivity index (χ4n) is 6.00. The lowest BCUT2D eigenvalue weighted by molar-refractivity contribution is -0.138. The van der Waals surface area contributed by atoms with E-state index < -0.39 is 48.9 Å². The summed E-state index contributed by atoms with van der Waals surface area (Å²) in [6.07, 6.45) is -3.67. The highest BCUT2D eigenvalue weighted by molar-refractivity contribution is 9.69. The molecule has 0 spiro atoms. The lowest BCUT2D eigenvalue weighted by atomic mass is 10.0. The molecule has 338 valence electrons. The second kappa shape index (κ2) is 20.5. The Labute approximate surface area is 399 Å². The van der Waals surface area contributed by atoms with Gasteiger partial charge in [-0.3, -0.25) is 0 Å². The Kier molecular flexibility index (Phi) is 15.7. The highest BCUT2D eigenvalue weighted by atomic mass is 79.9. The first-order valence-corrected chi connectivity index (χ1v) is 25.7. The van der Waals surface area contributed by atoms with Gasteiger partial charge in [-0.2, -0.15) is 26.3 Å². The number of methoxy groups -OCH3 is 1. The molecule has 0 amide bonds. The number of aromatic hydroxyl groups is 1. The minimum absolute atomic E-state index is 0.00436. The summed E-state index contributed by atoms with van der Waals surface area (Å²) < 4.78 is 134. The van der Waals surface area contributed by atoms with Crippen molar-refractivity contribution in [2.24, 2.45) is 0 Å². The number of nitrogens with zero attached hydrogens (tertiary/aromatic N) is 6. The van der Waals surface area contributed by atoms with Crippen molar-refractivity contribution in [3.8, 4) is 34.0 Å². The van der Waals surface area contributed by atoms with Gasteiger partial charge in [-0.05, 0) is 72.8 Å². The fourth-order valence-corrected chi connectivity index (χ4v) is 10.5. The van der Waals surface area contributed by atoms with Crippen molar-refractivity contribution in [2.45, 2.75) is 33.6 Å².